The molecule has 8 heteroatoms. The number of piperazine rings is 1. The molecule has 1 aliphatic heterocycles. The molecule has 0 amide bonds. The Kier molecular flexibility index (Phi) is 4.59. The van der Waals surface area contributed by atoms with Gasteiger partial charge in [0.1, 0.15) is 0 Å². The van der Waals surface area contributed by atoms with Gasteiger partial charge in [-0.1, -0.05) is 0 Å². The number of nitrogens with two attached hydrogens (primary N) is 1. The van der Waals surface area contributed by atoms with Gasteiger partial charge in [0.15, 0.2) is 11.6 Å². The van der Waals surface area contributed by atoms with Crippen molar-refractivity contribution in [2.75, 3.05) is 45.2 Å². The highest BCUT2D eigenvalue weighted by molar-refractivity contribution is 5.61. The molecule has 2 rings (SSSR count). The predicted octanol–water partition coefficient (Wildman–Crippen LogP) is 0.822. The van der Waals surface area contributed by atoms with Crippen LogP contribution in [0.1, 0.15) is 0 Å². The number of methoxy groups -OCH3 is 1. The van der Waals surface area contributed by atoms with Crippen molar-refractivity contribution in [3.8, 4) is 5.75 Å². The first-order valence-corrected chi connectivity index (χ1v) is 6.65. The fraction of sp³-hybridized carbons (Fsp3) is 0.538. The lowest BCUT2D eigenvalue weighted by atomic mass is 10.1. The number of nitro benzene ring substituents is 1. The maximum absolute atomic E-state index is 14.3. The Morgan fingerprint density at radius 3 is 2.81 bits per heavy atom. The first-order chi connectivity index (χ1) is 9.97. The van der Waals surface area contributed by atoms with Gasteiger partial charge >= 0.3 is 5.69 Å². The van der Waals surface area contributed by atoms with Crippen molar-refractivity contribution in [3.05, 3.63) is 28.1 Å². The van der Waals surface area contributed by atoms with Gasteiger partial charge in [0, 0.05) is 32.2 Å². The number of rotatable bonds is 4. The summed E-state index contributed by atoms with van der Waals surface area (Å²) in [6.07, 6.45) is 0. The third kappa shape index (κ3) is 3.06. The molecule has 116 valence electrons. The number of likely N-dealkylation sites (N-methyl/N-ethyl adjacent to an activating group) is 1. The van der Waals surface area contributed by atoms with Crippen LogP contribution in [-0.2, 0) is 0 Å². The van der Waals surface area contributed by atoms with E-state index in [1.54, 1.807) is 0 Å². The first kappa shape index (κ1) is 15.5. The second kappa shape index (κ2) is 6.23. The molecule has 1 saturated heterocycles. The Morgan fingerprint density at radius 1 is 1.52 bits per heavy atom. The minimum Gasteiger partial charge on any atom is -0.490 e. The molecule has 1 aliphatic rings. The summed E-state index contributed by atoms with van der Waals surface area (Å²) in [5.74, 6) is -0.586. The average Bonchev–Trinajstić information content (AvgIpc) is 2.47. The second-order valence-electron chi connectivity index (χ2n) is 5.08. The van der Waals surface area contributed by atoms with Crippen LogP contribution in [0.2, 0.25) is 0 Å². The van der Waals surface area contributed by atoms with Crippen LogP contribution in [0.3, 0.4) is 0 Å². The zero-order chi connectivity index (χ0) is 15.6. The van der Waals surface area contributed by atoms with Gasteiger partial charge in [-0.2, -0.15) is 0 Å². The first-order valence-electron chi connectivity index (χ1n) is 6.65. The summed E-state index contributed by atoms with van der Waals surface area (Å²) in [5, 5.41) is 10.9. The van der Waals surface area contributed by atoms with Crippen LogP contribution in [0, 0.1) is 15.9 Å². The van der Waals surface area contributed by atoms with E-state index in [9.17, 15) is 14.5 Å². The number of hydrogen-bond donors (Lipinski definition) is 1. The van der Waals surface area contributed by atoms with Gasteiger partial charge in [-0.15, -0.1) is 0 Å². The largest absolute Gasteiger partial charge is 0.490 e. The van der Waals surface area contributed by atoms with E-state index in [1.807, 2.05) is 11.9 Å². The molecule has 0 aromatic heterocycles. The van der Waals surface area contributed by atoms with Crippen molar-refractivity contribution in [3.63, 3.8) is 0 Å². The molecule has 0 saturated carbocycles. The van der Waals surface area contributed by atoms with Crippen LogP contribution in [0.5, 0.6) is 5.75 Å². The maximum Gasteiger partial charge on any atom is 0.313 e. The molecule has 2 N–H and O–H groups in total. The van der Waals surface area contributed by atoms with Gasteiger partial charge in [0.05, 0.1) is 29.8 Å². The molecule has 0 radical (unpaired) electrons. The Balaban J connectivity index is 2.41. The van der Waals surface area contributed by atoms with Crippen molar-refractivity contribution in [1.82, 2.24) is 4.90 Å². The summed E-state index contributed by atoms with van der Waals surface area (Å²) in [6.45, 7) is 2.48. The highest BCUT2D eigenvalue weighted by atomic mass is 19.1. The average molecular weight is 298 g/mol. The molecule has 0 aliphatic carbocycles. The van der Waals surface area contributed by atoms with Crippen LogP contribution < -0.4 is 15.4 Å². The molecule has 1 unspecified atom stereocenters. The molecule has 7 nitrogen and oxygen atoms in total. The summed E-state index contributed by atoms with van der Waals surface area (Å²) in [5.41, 5.74) is 5.68. The van der Waals surface area contributed by atoms with Crippen LogP contribution >= 0.6 is 0 Å². The van der Waals surface area contributed by atoms with Crippen molar-refractivity contribution in [2.24, 2.45) is 5.73 Å². The third-order valence-corrected chi connectivity index (χ3v) is 3.71. The smallest absolute Gasteiger partial charge is 0.313 e. The Labute approximate surface area is 122 Å². The van der Waals surface area contributed by atoms with Crippen LogP contribution in [0.25, 0.3) is 0 Å². The topological polar surface area (TPSA) is 84.9 Å². The molecule has 1 aromatic rings. The number of benzene rings is 1. The van der Waals surface area contributed by atoms with Crippen LogP contribution in [0.15, 0.2) is 12.1 Å². The van der Waals surface area contributed by atoms with E-state index in [1.165, 1.54) is 13.2 Å². The molecule has 0 bridgehead atoms. The normalized spacial score (nSPS) is 19.6. The minimum atomic E-state index is -0.657. The fourth-order valence-corrected chi connectivity index (χ4v) is 2.59. The summed E-state index contributed by atoms with van der Waals surface area (Å²) < 4.78 is 19.3. The van der Waals surface area contributed by atoms with Gasteiger partial charge in [-0.05, 0) is 7.05 Å². The molecule has 1 aromatic carbocycles. The summed E-state index contributed by atoms with van der Waals surface area (Å²) >= 11 is 0. The van der Waals surface area contributed by atoms with E-state index in [4.69, 9.17) is 10.5 Å². The van der Waals surface area contributed by atoms with E-state index in [0.717, 1.165) is 19.2 Å². The van der Waals surface area contributed by atoms with E-state index < -0.39 is 10.7 Å². The van der Waals surface area contributed by atoms with Gasteiger partial charge in [0.25, 0.3) is 0 Å². The molecule has 21 heavy (non-hydrogen) atoms. The standard InChI is InChI=1S/C13H19FN4O3/c1-16-3-4-17(9(7-15)8-16)11-6-13(21-2)12(18(19)20)5-10(11)14/h5-6,9H,3-4,7-8,15H2,1-2H3. The Morgan fingerprint density at radius 2 is 2.24 bits per heavy atom. The zero-order valence-corrected chi connectivity index (χ0v) is 12.1. The number of ether oxygens (including phenoxy) is 1. The van der Waals surface area contributed by atoms with Gasteiger partial charge in [-0.3, -0.25) is 10.1 Å². The van der Waals surface area contributed by atoms with E-state index in [-0.39, 0.29) is 17.5 Å². The molecule has 0 spiro atoms. The number of halogens is 1. The fourth-order valence-electron chi connectivity index (χ4n) is 2.59. The molecule has 1 atom stereocenters. The SMILES string of the molecule is COc1cc(N2CCN(C)CC2CN)c(F)cc1[N+](=O)[O-]. The number of nitro groups is 1. The molecule has 1 fully saturated rings. The number of hydrogen-bond acceptors (Lipinski definition) is 6. The maximum atomic E-state index is 14.3. The Hall–Kier alpha value is -1.93. The predicted molar refractivity (Wildman–Crippen MR) is 77.3 cm³/mol. The van der Waals surface area contributed by atoms with Crippen molar-refractivity contribution in [2.45, 2.75) is 6.04 Å². The summed E-state index contributed by atoms with van der Waals surface area (Å²) in [4.78, 5) is 14.2. The summed E-state index contributed by atoms with van der Waals surface area (Å²) in [7, 11) is 3.31. The lowest BCUT2D eigenvalue weighted by molar-refractivity contribution is -0.385. The minimum absolute atomic E-state index is 0.0376. The Bertz CT molecular complexity index is 540. The highest BCUT2D eigenvalue weighted by Gasteiger charge is 2.29. The van der Waals surface area contributed by atoms with E-state index >= 15 is 0 Å². The number of nitrogens with zero attached hydrogens (tertiary/aromatic N) is 3. The molecular formula is C13H19FN4O3. The van der Waals surface area contributed by atoms with Crippen molar-refractivity contribution >= 4 is 11.4 Å². The number of anilines is 1. The van der Waals surface area contributed by atoms with Crippen LogP contribution in [0.4, 0.5) is 15.8 Å². The third-order valence-electron chi connectivity index (χ3n) is 3.71. The monoisotopic (exact) mass is 298 g/mol. The van der Waals surface area contributed by atoms with E-state index in [0.29, 0.717) is 18.8 Å². The van der Waals surface area contributed by atoms with E-state index in [2.05, 4.69) is 4.90 Å². The molecule has 1 heterocycles. The van der Waals surface area contributed by atoms with Gasteiger partial charge in [-0.25, -0.2) is 4.39 Å². The second-order valence-corrected chi connectivity index (χ2v) is 5.08. The summed E-state index contributed by atoms with van der Waals surface area (Å²) in [6, 6.07) is 2.24. The van der Waals surface area contributed by atoms with Crippen molar-refractivity contribution in [1.29, 1.82) is 0 Å². The quantitative estimate of drug-likeness (QED) is 0.654. The van der Waals surface area contributed by atoms with Gasteiger partial charge in [0.2, 0.25) is 0 Å². The van der Waals surface area contributed by atoms with Crippen molar-refractivity contribution < 1.29 is 14.1 Å². The van der Waals surface area contributed by atoms with Crippen LogP contribution in [-0.4, -0.2) is 56.2 Å². The lowest BCUT2D eigenvalue weighted by Gasteiger charge is -2.41. The highest BCUT2D eigenvalue weighted by Crippen LogP contribution is 2.35. The van der Waals surface area contributed by atoms with Gasteiger partial charge < -0.3 is 20.3 Å². The molecular weight excluding hydrogens is 279 g/mol. The lowest BCUT2D eigenvalue weighted by Crippen LogP contribution is -2.55. The zero-order valence-electron chi connectivity index (χ0n) is 12.1.